The molecule has 3 heteroatoms. The Bertz CT molecular complexity index is 388. The SMILES string of the molecule is C[C@H](NCc1ccc(F)c(Br)c1)C1CCCCC1. The second-order valence-electron chi connectivity index (χ2n) is 5.32. The summed E-state index contributed by atoms with van der Waals surface area (Å²) in [4.78, 5) is 0. The fraction of sp³-hybridized carbons (Fsp3) is 0.600. The standard InChI is InChI=1S/C15H21BrFN/c1-11(13-5-3-2-4-6-13)18-10-12-7-8-15(17)14(16)9-12/h7-9,11,13,18H,2-6,10H2,1H3/t11-/m0/s1. The van der Waals surface area contributed by atoms with Crippen molar-refractivity contribution in [2.75, 3.05) is 0 Å². The zero-order valence-electron chi connectivity index (χ0n) is 10.9. The van der Waals surface area contributed by atoms with E-state index in [-0.39, 0.29) is 5.82 Å². The van der Waals surface area contributed by atoms with E-state index in [4.69, 9.17) is 0 Å². The van der Waals surface area contributed by atoms with Crippen LogP contribution in [0.5, 0.6) is 0 Å². The van der Waals surface area contributed by atoms with Crippen molar-refractivity contribution in [3.8, 4) is 0 Å². The molecule has 1 N–H and O–H groups in total. The molecule has 0 radical (unpaired) electrons. The van der Waals surface area contributed by atoms with Gasteiger partial charge in [0.25, 0.3) is 0 Å². The Hall–Kier alpha value is -0.410. The van der Waals surface area contributed by atoms with Crippen molar-refractivity contribution in [2.45, 2.75) is 51.6 Å². The number of rotatable bonds is 4. The maximum absolute atomic E-state index is 13.1. The van der Waals surface area contributed by atoms with Crippen LogP contribution in [0.4, 0.5) is 4.39 Å². The summed E-state index contributed by atoms with van der Waals surface area (Å²) < 4.78 is 13.7. The summed E-state index contributed by atoms with van der Waals surface area (Å²) in [5.74, 6) is 0.613. The van der Waals surface area contributed by atoms with E-state index >= 15 is 0 Å². The average Bonchev–Trinajstić information content (AvgIpc) is 2.41. The maximum Gasteiger partial charge on any atom is 0.137 e. The van der Waals surface area contributed by atoms with Crippen LogP contribution >= 0.6 is 15.9 Å². The second kappa shape index (κ2) is 6.67. The van der Waals surface area contributed by atoms with Gasteiger partial charge in [-0.05, 0) is 59.3 Å². The lowest BCUT2D eigenvalue weighted by atomic mass is 9.84. The first kappa shape index (κ1) is 14.0. The summed E-state index contributed by atoms with van der Waals surface area (Å²) in [5.41, 5.74) is 1.13. The Morgan fingerprint density at radius 2 is 2.06 bits per heavy atom. The molecule has 1 aliphatic carbocycles. The van der Waals surface area contributed by atoms with E-state index in [9.17, 15) is 4.39 Å². The van der Waals surface area contributed by atoms with Gasteiger partial charge in [-0.2, -0.15) is 0 Å². The van der Waals surface area contributed by atoms with Crippen LogP contribution in [0.3, 0.4) is 0 Å². The topological polar surface area (TPSA) is 12.0 Å². The van der Waals surface area contributed by atoms with Crippen LogP contribution in [0.1, 0.15) is 44.6 Å². The molecule has 0 saturated heterocycles. The third-order valence-electron chi connectivity index (χ3n) is 3.97. The predicted octanol–water partition coefficient (Wildman–Crippen LogP) is 4.65. The smallest absolute Gasteiger partial charge is 0.137 e. The molecule has 0 aromatic heterocycles. The summed E-state index contributed by atoms with van der Waals surface area (Å²) in [7, 11) is 0. The highest BCUT2D eigenvalue weighted by Crippen LogP contribution is 2.26. The maximum atomic E-state index is 13.1. The van der Waals surface area contributed by atoms with Gasteiger partial charge < -0.3 is 5.32 Å². The van der Waals surface area contributed by atoms with E-state index in [1.165, 1.54) is 38.2 Å². The lowest BCUT2D eigenvalue weighted by Gasteiger charge is -2.28. The molecular formula is C15H21BrFN. The molecule has 0 spiro atoms. The van der Waals surface area contributed by atoms with Gasteiger partial charge >= 0.3 is 0 Å². The quantitative estimate of drug-likeness (QED) is 0.853. The third-order valence-corrected chi connectivity index (χ3v) is 4.58. The fourth-order valence-corrected chi connectivity index (χ4v) is 3.16. The highest BCUT2D eigenvalue weighted by Gasteiger charge is 2.19. The van der Waals surface area contributed by atoms with Crippen molar-refractivity contribution in [3.05, 3.63) is 34.1 Å². The van der Waals surface area contributed by atoms with E-state index in [1.807, 2.05) is 12.1 Å². The molecule has 0 bridgehead atoms. The van der Waals surface area contributed by atoms with Gasteiger partial charge in [0.05, 0.1) is 4.47 Å². The molecule has 1 aliphatic rings. The van der Waals surface area contributed by atoms with Crippen LogP contribution in [0.25, 0.3) is 0 Å². The van der Waals surface area contributed by atoms with Gasteiger partial charge in [-0.15, -0.1) is 0 Å². The first-order valence-electron chi connectivity index (χ1n) is 6.84. The normalized spacial score (nSPS) is 18.8. The van der Waals surface area contributed by atoms with Crippen molar-refractivity contribution in [3.63, 3.8) is 0 Å². The number of nitrogens with one attached hydrogen (secondary N) is 1. The number of hydrogen-bond acceptors (Lipinski definition) is 1. The zero-order valence-corrected chi connectivity index (χ0v) is 12.5. The summed E-state index contributed by atoms with van der Waals surface area (Å²) >= 11 is 3.23. The summed E-state index contributed by atoms with van der Waals surface area (Å²) in [5, 5.41) is 3.57. The fourth-order valence-electron chi connectivity index (χ4n) is 2.73. The molecule has 2 rings (SSSR count). The molecule has 1 nitrogen and oxygen atoms in total. The van der Waals surface area contributed by atoms with E-state index < -0.39 is 0 Å². The van der Waals surface area contributed by atoms with Gasteiger partial charge in [0.1, 0.15) is 5.82 Å². The van der Waals surface area contributed by atoms with Crippen molar-refractivity contribution >= 4 is 15.9 Å². The minimum absolute atomic E-state index is 0.195. The van der Waals surface area contributed by atoms with Crippen molar-refractivity contribution in [2.24, 2.45) is 5.92 Å². The van der Waals surface area contributed by atoms with Gasteiger partial charge in [0.15, 0.2) is 0 Å². The lowest BCUT2D eigenvalue weighted by molar-refractivity contribution is 0.280. The van der Waals surface area contributed by atoms with Gasteiger partial charge in [0.2, 0.25) is 0 Å². The monoisotopic (exact) mass is 313 g/mol. The number of benzene rings is 1. The molecule has 0 unspecified atom stereocenters. The van der Waals surface area contributed by atoms with Crippen LogP contribution in [0, 0.1) is 11.7 Å². The van der Waals surface area contributed by atoms with Crippen molar-refractivity contribution < 1.29 is 4.39 Å². The Kier molecular flexibility index (Phi) is 5.19. The highest BCUT2D eigenvalue weighted by atomic mass is 79.9. The molecule has 1 saturated carbocycles. The van der Waals surface area contributed by atoms with E-state index in [1.54, 1.807) is 0 Å². The van der Waals surface area contributed by atoms with E-state index in [2.05, 4.69) is 28.2 Å². The molecule has 100 valence electrons. The van der Waals surface area contributed by atoms with Gasteiger partial charge in [-0.1, -0.05) is 25.3 Å². The first-order valence-corrected chi connectivity index (χ1v) is 7.63. The Labute approximate surface area is 117 Å². The third kappa shape index (κ3) is 3.79. The largest absolute Gasteiger partial charge is 0.310 e. The van der Waals surface area contributed by atoms with Crippen LogP contribution in [-0.2, 0) is 6.54 Å². The number of halogens is 2. The van der Waals surface area contributed by atoms with E-state index in [0.29, 0.717) is 10.5 Å². The molecule has 1 atom stereocenters. The molecule has 18 heavy (non-hydrogen) atoms. The molecule has 1 fully saturated rings. The molecule has 0 amide bonds. The lowest BCUT2D eigenvalue weighted by Crippen LogP contribution is -2.34. The van der Waals surface area contributed by atoms with Gasteiger partial charge in [-0.25, -0.2) is 4.39 Å². The molecule has 0 aliphatic heterocycles. The second-order valence-corrected chi connectivity index (χ2v) is 6.17. The Balaban J connectivity index is 1.84. The molecule has 1 aromatic carbocycles. The van der Waals surface area contributed by atoms with Gasteiger partial charge in [0, 0.05) is 12.6 Å². The van der Waals surface area contributed by atoms with E-state index in [0.717, 1.165) is 18.0 Å². The Morgan fingerprint density at radius 1 is 1.33 bits per heavy atom. The minimum atomic E-state index is -0.195. The first-order chi connectivity index (χ1) is 8.66. The Morgan fingerprint density at radius 3 is 2.72 bits per heavy atom. The van der Waals surface area contributed by atoms with Crippen LogP contribution < -0.4 is 5.32 Å². The predicted molar refractivity (Wildman–Crippen MR) is 77.0 cm³/mol. The van der Waals surface area contributed by atoms with Crippen LogP contribution in [-0.4, -0.2) is 6.04 Å². The van der Waals surface area contributed by atoms with Crippen molar-refractivity contribution in [1.82, 2.24) is 5.32 Å². The van der Waals surface area contributed by atoms with Crippen molar-refractivity contribution in [1.29, 1.82) is 0 Å². The summed E-state index contributed by atoms with van der Waals surface area (Å²) in [6.07, 6.45) is 6.84. The van der Waals surface area contributed by atoms with Crippen LogP contribution in [0.15, 0.2) is 22.7 Å². The summed E-state index contributed by atoms with van der Waals surface area (Å²) in [6, 6.07) is 5.78. The number of hydrogen-bond donors (Lipinski definition) is 1. The van der Waals surface area contributed by atoms with Crippen LogP contribution in [0.2, 0.25) is 0 Å². The summed E-state index contributed by atoms with van der Waals surface area (Å²) in [6.45, 7) is 3.09. The zero-order chi connectivity index (χ0) is 13.0. The molecular weight excluding hydrogens is 293 g/mol. The molecule has 0 heterocycles. The van der Waals surface area contributed by atoms with Gasteiger partial charge in [-0.3, -0.25) is 0 Å². The minimum Gasteiger partial charge on any atom is -0.310 e. The average molecular weight is 314 g/mol. The highest BCUT2D eigenvalue weighted by molar-refractivity contribution is 9.10. The molecule has 1 aromatic rings.